The van der Waals surface area contributed by atoms with E-state index in [2.05, 4.69) is 55.1 Å². The highest BCUT2D eigenvalue weighted by Gasteiger charge is 2.41. The number of unbranched alkanes of at least 4 members (excludes halogenated alkanes) is 2. The first kappa shape index (κ1) is 31.0. The fraction of sp³-hybridized carbons (Fsp3) is 1.00. The van der Waals surface area contributed by atoms with E-state index < -0.39 is 16.9 Å². The largest absolute Gasteiger partial charge is 0.501 e. The third kappa shape index (κ3) is 17.6. The fourth-order valence-electron chi connectivity index (χ4n) is 4.06. The molecule has 0 aromatic rings. The van der Waals surface area contributed by atoms with Crippen molar-refractivity contribution in [1.82, 2.24) is 0 Å². The highest BCUT2D eigenvalue weighted by atomic mass is 33.1. The Labute approximate surface area is 199 Å². The highest BCUT2D eigenvalue weighted by molar-refractivity contribution is 8.76. The third-order valence-corrected chi connectivity index (χ3v) is 13.0. The molecule has 0 aromatic heterocycles. The Hall–Kier alpha value is 1.01. The zero-order valence-corrected chi connectivity index (χ0v) is 25.0. The molecule has 0 N–H and O–H groups in total. The van der Waals surface area contributed by atoms with E-state index in [1.54, 1.807) is 0 Å². The lowest BCUT2D eigenvalue weighted by molar-refractivity contribution is 0.0672. The molecule has 0 radical (unpaired) electrons. The van der Waals surface area contributed by atoms with Crippen LogP contribution in [-0.4, -0.2) is 48.2 Å². The summed E-state index contributed by atoms with van der Waals surface area (Å²) < 4.78 is 18.0. The number of hydrogen-bond acceptors (Lipinski definition) is 5. The van der Waals surface area contributed by atoms with Gasteiger partial charge in [0.1, 0.15) is 0 Å². The molecule has 182 valence electrons. The molecule has 7 heteroatoms. The average Bonchev–Trinajstić information content (AvgIpc) is 2.62. The van der Waals surface area contributed by atoms with Gasteiger partial charge in [0.25, 0.3) is 0 Å². The molecule has 0 aromatic carbocycles. The molecule has 0 aliphatic carbocycles. The lowest BCUT2D eigenvalue weighted by atomic mass is 10.1. The van der Waals surface area contributed by atoms with Gasteiger partial charge in [0.05, 0.1) is 0 Å². The van der Waals surface area contributed by atoms with Gasteiger partial charge in [0.2, 0.25) is 0 Å². The van der Waals surface area contributed by atoms with Crippen LogP contribution in [0.2, 0.25) is 31.7 Å². The van der Waals surface area contributed by atoms with Crippen LogP contribution < -0.4 is 0 Å². The first-order valence-electron chi connectivity index (χ1n) is 12.3. The molecule has 2 unspecified atom stereocenters. The van der Waals surface area contributed by atoms with Gasteiger partial charge in [-0.3, -0.25) is 0 Å². The average molecular weight is 497 g/mol. The summed E-state index contributed by atoms with van der Waals surface area (Å²) in [6, 6.07) is 2.43. The highest BCUT2D eigenvalue weighted by Crippen LogP contribution is 2.28. The molecule has 0 saturated heterocycles. The van der Waals surface area contributed by atoms with Gasteiger partial charge < -0.3 is 13.3 Å². The first-order valence-corrected chi connectivity index (χ1v) is 20.5. The van der Waals surface area contributed by atoms with Gasteiger partial charge in [0.15, 0.2) is 0 Å². The van der Waals surface area contributed by atoms with Crippen LogP contribution in [0.25, 0.3) is 0 Å². The summed E-state index contributed by atoms with van der Waals surface area (Å²) >= 11 is 0. The van der Waals surface area contributed by atoms with Crippen molar-refractivity contribution in [3.8, 4) is 0 Å². The Balaban J connectivity index is 3.78. The van der Waals surface area contributed by atoms with Crippen molar-refractivity contribution in [2.75, 3.05) is 31.3 Å². The first-order chi connectivity index (χ1) is 14.2. The Morgan fingerprint density at radius 2 is 1.03 bits per heavy atom. The maximum Gasteiger partial charge on any atom is 0.501 e. The van der Waals surface area contributed by atoms with Gasteiger partial charge in [-0.2, -0.15) is 0 Å². The SMILES string of the molecule is CCO[Si](CC(C)CCCCSSCCCCC(C)C[Si](C)(C)C)(OCC)OCC. The number of rotatable bonds is 21. The smallest absolute Gasteiger partial charge is 0.374 e. The minimum absolute atomic E-state index is 0.595. The summed E-state index contributed by atoms with van der Waals surface area (Å²) in [6.45, 7) is 20.4. The second-order valence-electron chi connectivity index (χ2n) is 9.80. The Morgan fingerprint density at radius 3 is 1.40 bits per heavy atom. The molecule has 0 amide bonds. The van der Waals surface area contributed by atoms with Gasteiger partial charge in [-0.1, -0.05) is 86.8 Å². The molecule has 3 nitrogen and oxygen atoms in total. The van der Waals surface area contributed by atoms with Crippen molar-refractivity contribution >= 4 is 38.5 Å². The molecular formula is C23H52O3S2Si2. The van der Waals surface area contributed by atoms with E-state index in [0.29, 0.717) is 25.7 Å². The molecule has 0 bridgehead atoms. The van der Waals surface area contributed by atoms with Gasteiger partial charge in [-0.05, 0) is 45.4 Å². The van der Waals surface area contributed by atoms with Crippen molar-refractivity contribution in [3.63, 3.8) is 0 Å². The van der Waals surface area contributed by atoms with Gasteiger partial charge >= 0.3 is 8.80 Å². The Morgan fingerprint density at radius 1 is 0.633 bits per heavy atom. The quantitative estimate of drug-likeness (QED) is 0.0903. The van der Waals surface area contributed by atoms with Crippen LogP contribution >= 0.6 is 21.6 Å². The topological polar surface area (TPSA) is 27.7 Å². The second-order valence-corrected chi connectivity index (χ2v) is 20.7. The zero-order valence-electron chi connectivity index (χ0n) is 21.4. The Kier molecular flexibility index (Phi) is 19.1. The lowest BCUT2D eigenvalue weighted by Crippen LogP contribution is -2.47. The fourth-order valence-corrected chi connectivity index (χ4v) is 11.6. The summed E-state index contributed by atoms with van der Waals surface area (Å²) in [5.41, 5.74) is 0. The van der Waals surface area contributed by atoms with E-state index in [1.165, 1.54) is 56.1 Å². The third-order valence-electron chi connectivity index (χ3n) is 5.08. The van der Waals surface area contributed by atoms with Gasteiger partial charge in [0, 0.05) is 45.4 Å². The molecular weight excluding hydrogens is 445 g/mol. The molecule has 0 saturated carbocycles. The van der Waals surface area contributed by atoms with Crippen molar-refractivity contribution < 1.29 is 13.3 Å². The van der Waals surface area contributed by atoms with Crippen LogP contribution in [0.15, 0.2) is 0 Å². The van der Waals surface area contributed by atoms with E-state index in [1.807, 2.05) is 20.8 Å². The maximum atomic E-state index is 6.00. The lowest BCUT2D eigenvalue weighted by Gasteiger charge is -2.30. The van der Waals surface area contributed by atoms with Crippen LogP contribution in [0.1, 0.15) is 73.1 Å². The maximum absolute atomic E-state index is 6.00. The van der Waals surface area contributed by atoms with Crippen molar-refractivity contribution in [1.29, 1.82) is 0 Å². The van der Waals surface area contributed by atoms with E-state index in [4.69, 9.17) is 13.3 Å². The zero-order chi connectivity index (χ0) is 22.9. The van der Waals surface area contributed by atoms with Crippen LogP contribution in [0.4, 0.5) is 0 Å². The molecule has 0 aliphatic rings. The van der Waals surface area contributed by atoms with E-state index in [-0.39, 0.29) is 0 Å². The van der Waals surface area contributed by atoms with Crippen LogP contribution in [0, 0.1) is 11.8 Å². The molecule has 0 heterocycles. The van der Waals surface area contributed by atoms with Crippen LogP contribution in [-0.2, 0) is 13.3 Å². The van der Waals surface area contributed by atoms with Crippen LogP contribution in [0.5, 0.6) is 0 Å². The summed E-state index contributed by atoms with van der Waals surface area (Å²) in [5.74, 6) is 4.10. The molecule has 2 atom stereocenters. The molecule has 30 heavy (non-hydrogen) atoms. The minimum atomic E-state index is -2.48. The molecule has 0 aliphatic heterocycles. The molecule has 0 spiro atoms. The minimum Gasteiger partial charge on any atom is -0.374 e. The van der Waals surface area contributed by atoms with E-state index in [9.17, 15) is 0 Å². The standard InChI is InChI=1S/C23H52O3S2Si2/c1-9-24-30(25-10-2,26-11-3)21-23(5)17-13-15-19-28-27-18-14-12-16-22(4)20-29(6,7)8/h22-23H,9-21H2,1-8H3. The Bertz CT molecular complexity index is 378. The van der Waals surface area contributed by atoms with Crippen molar-refractivity contribution in [2.45, 2.75) is 105 Å². The predicted molar refractivity (Wildman–Crippen MR) is 145 cm³/mol. The predicted octanol–water partition coefficient (Wildman–Crippen LogP) is 8.37. The van der Waals surface area contributed by atoms with Crippen molar-refractivity contribution in [2.24, 2.45) is 11.8 Å². The van der Waals surface area contributed by atoms with Crippen molar-refractivity contribution in [3.05, 3.63) is 0 Å². The molecule has 0 rings (SSSR count). The summed E-state index contributed by atoms with van der Waals surface area (Å²) in [6.07, 6.45) is 8.04. The van der Waals surface area contributed by atoms with Gasteiger partial charge in [-0.25, -0.2) is 0 Å². The number of hydrogen-bond donors (Lipinski definition) is 0. The second kappa shape index (κ2) is 18.4. The normalized spacial score (nSPS) is 14.8. The summed E-state index contributed by atoms with van der Waals surface area (Å²) in [5, 5.41) is 0. The summed E-state index contributed by atoms with van der Waals surface area (Å²) in [4.78, 5) is 0. The van der Waals surface area contributed by atoms with Crippen LogP contribution in [0.3, 0.4) is 0 Å². The van der Waals surface area contributed by atoms with Gasteiger partial charge in [-0.15, -0.1) is 0 Å². The van der Waals surface area contributed by atoms with E-state index in [0.717, 1.165) is 12.0 Å². The van der Waals surface area contributed by atoms with E-state index >= 15 is 0 Å². The molecule has 0 fully saturated rings. The monoisotopic (exact) mass is 496 g/mol. The summed E-state index contributed by atoms with van der Waals surface area (Å²) in [7, 11) is 0.790.